The van der Waals surface area contributed by atoms with Gasteiger partial charge in [-0.15, -0.1) is 0 Å². The third-order valence-corrected chi connectivity index (χ3v) is 3.76. The monoisotopic (exact) mass is 210 g/mol. The van der Waals surface area contributed by atoms with Crippen LogP contribution in [0.3, 0.4) is 0 Å². The first-order valence-corrected chi connectivity index (χ1v) is 6.50. The Morgan fingerprint density at radius 2 is 1.73 bits per heavy atom. The lowest BCUT2D eigenvalue weighted by Crippen LogP contribution is -2.20. The Morgan fingerprint density at radius 1 is 1.00 bits per heavy atom. The van der Waals surface area contributed by atoms with E-state index in [0.29, 0.717) is 18.1 Å². The number of ketones is 1. The molecule has 1 atom stereocenters. The molecule has 0 amide bonds. The highest BCUT2D eigenvalue weighted by atomic mass is 16.5. The first kappa shape index (κ1) is 11.1. The zero-order valence-corrected chi connectivity index (χ0v) is 9.54. The third kappa shape index (κ3) is 3.30. The zero-order chi connectivity index (χ0) is 10.5. The molecule has 0 bridgehead atoms. The van der Waals surface area contributed by atoms with E-state index in [-0.39, 0.29) is 6.10 Å². The molecule has 2 fully saturated rings. The van der Waals surface area contributed by atoms with Crippen molar-refractivity contribution >= 4 is 5.78 Å². The summed E-state index contributed by atoms with van der Waals surface area (Å²) in [6, 6.07) is 0. The quantitative estimate of drug-likeness (QED) is 0.669. The van der Waals surface area contributed by atoms with E-state index in [1.54, 1.807) is 0 Å². The van der Waals surface area contributed by atoms with Crippen LogP contribution in [0.4, 0.5) is 0 Å². The van der Waals surface area contributed by atoms with Gasteiger partial charge >= 0.3 is 0 Å². The minimum absolute atomic E-state index is 0.251. The SMILES string of the molecule is O=C(CC1CCCO1)C1CCCCCC1. The summed E-state index contributed by atoms with van der Waals surface area (Å²) in [6.45, 7) is 0.864. The minimum atomic E-state index is 0.251. The maximum atomic E-state index is 12.0. The van der Waals surface area contributed by atoms with Crippen LogP contribution in [0.25, 0.3) is 0 Å². The molecule has 15 heavy (non-hydrogen) atoms. The molecule has 2 aliphatic rings. The van der Waals surface area contributed by atoms with Gasteiger partial charge in [-0.05, 0) is 25.7 Å². The fourth-order valence-electron chi connectivity index (χ4n) is 2.80. The lowest BCUT2D eigenvalue weighted by Gasteiger charge is -2.15. The predicted octanol–water partition coefficient (Wildman–Crippen LogP) is 3.10. The lowest BCUT2D eigenvalue weighted by molar-refractivity contribution is -0.125. The zero-order valence-electron chi connectivity index (χ0n) is 9.54. The van der Waals surface area contributed by atoms with E-state index < -0.39 is 0 Å². The summed E-state index contributed by atoms with van der Waals surface area (Å²) in [4.78, 5) is 12.0. The van der Waals surface area contributed by atoms with Gasteiger partial charge in [0.15, 0.2) is 0 Å². The van der Waals surface area contributed by atoms with E-state index in [0.717, 1.165) is 32.3 Å². The van der Waals surface area contributed by atoms with Gasteiger partial charge in [-0.3, -0.25) is 4.79 Å². The van der Waals surface area contributed by atoms with Crippen molar-refractivity contribution in [3.05, 3.63) is 0 Å². The van der Waals surface area contributed by atoms with E-state index in [2.05, 4.69) is 0 Å². The summed E-state index contributed by atoms with van der Waals surface area (Å²) < 4.78 is 5.52. The molecule has 0 spiro atoms. The second kappa shape index (κ2) is 5.64. The summed E-state index contributed by atoms with van der Waals surface area (Å²) in [6.07, 6.45) is 10.6. The lowest BCUT2D eigenvalue weighted by atomic mass is 9.92. The fourth-order valence-corrected chi connectivity index (χ4v) is 2.80. The molecule has 0 aromatic heterocycles. The number of carbonyl (C=O) groups excluding carboxylic acids is 1. The van der Waals surface area contributed by atoms with Crippen molar-refractivity contribution in [2.45, 2.75) is 63.9 Å². The van der Waals surface area contributed by atoms with E-state index in [1.165, 1.54) is 25.7 Å². The molecule has 1 aliphatic carbocycles. The summed E-state index contributed by atoms with van der Waals surface area (Å²) in [5.41, 5.74) is 0. The summed E-state index contributed by atoms with van der Waals surface area (Å²) >= 11 is 0. The number of rotatable bonds is 3. The summed E-state index contributed by atoms with van der Waals surface area (Å²) in [5, 5.41) is 0. The molecule has 0 radical (unpaired) electrons. The topological polar surface area (TPSA) is 26.3 Å². The van der Waals surface area contributed by atoms with Gasteiger partial charge in [-0.1, -0.05) is 25.7 Å². The fraction of sp³-hybridized carbons (Fsp3) is 0.923. The maximum Gasteiger partial charge on any atom is 0.138 e. The average molecular weight is 210 g/mol. The van der Waals surface area contributed by atoms with Crippen molar-refractivity contribution in [1.29, 1.82) is 0 Å². The van der Waals surface area contributed by atoms with Gasteiger partial charge < -0.3 is 4.74 Å². The maximum absolute atomic E-state index is 12.0. The molecule has 2 heteroatoms. The van der Waals surface area contributed by atoms with Crippen molar-refractivity contribution in [2.24, 2.45) is 5.92 Å². The van der Waals surface area contributed by atoms with Crippen molar-refractivity contribution in [3.63, 3.8) is 0 Å². The van der Waals surface area contributed by atoms with Gasteiger partial charge in [0, 0.05) is 18.9 Å². The smallest absolute Gasteiger partial charge is 0.138 e. The van der Waals surface area contributed by atoms with Crippen LogP contribution in [-0.2, 0) is 9.53 Å². The number of ether oxygens (including phenoxy) is 1. The number of Topliss-reactive ketones (excluding diaryl/α,β-unsaturated/α-hetero) is 1. The van der Waals surface area contributed by atoms with Crippen LogP contribution >= 0.6 is 0 Å². The molecule has 1 saturated carbocycles. The van der Waals surface area contributed by atoms with Gasteiger partial charge in [0.25, 0.3) is 0 Å². The normalized spacial score (nSPS) is 28.9. The Kier molecular flexibility index (Phi) is 4.18. The second-order valence-corrected chi connectivity index (χ2v) is 4.99. The van der Waals surface area contributed by atoms with Crippen LogP contribution in [0, 0.1) is 5.92 Å². The molecular formula is C13H22O2. The Balaban J connectivity index is 1.77. The predicted molar refractivity (Wildman–Crippen MR) is 59.8 cm³/mol. The Hall–Kier alpha value is -0.370. The molecule has 0 aromatic rings. The Labute approximate surface area is 92.4 Å². The van der Waals surface area contributed by atoms with E-state index >= 15 is 0 Å². The van der Waals surface area contributed by atoms with Crippen LogP contribution in [0.15, 0.2) is 0 Å². The van der Waals surface area contributed by atoms with Gasteiger partial charge in [0.1, 0.15) is 5.78 Å². The van der Waals surface area contributed by atoms with Crippen molar-refractivity contribution in [1.82, 2.24) is 0 Å². The average Bonchev–Trinajstić information content (AvgIpc) is 2.58. The number of hydrogen-bond acceptors (Lipinski definition) is 2. The Morgan fingerprint density at radius 3 is 2.33 bits per heavy atom. The van der Waals surface area contributed by atoms with Crippen LogP contribution in [0.5, 0.6) is 0 Å². The number of hydrogen-bond donors (Lipinski definition) is 0. The molecule has 0 aromatic carbocycles. The van der Waals surface area contributed by atoms with Crippen LogP contribution in [0.2, 0.25) is 0 Å². The van der Waals surface area contributed by atoms with Crippen LogP contribution in [-0.4, -0.2) is 18.5 Å². The highest BCUT2D eigenvalue weighted by Gasteiger charge is 2.25. The van der Waals surface area contributed by atoms with Crippen molar-refractivity contribution < 1.29 is 9.53 Å². The number of carbonyl (C=O) groups is 1. The van der Waals surface area contributed by atoms with Gasteiger partial charge in [0.05, 0.1) is 6.10 Å². The van der Waals surface area contributed by atoms with Crippen LogP contribution in [0.1, 0.15) is 57.8 Å². The standard InChI is InChI=1S/C13H22O2/c14-13(10-12-8-5-9-15-12)11-6-3-1-2-4-7-11/h11-12H,1-10H2. The first-order valence-electron chi connectivity index (χ1n) is 6.50. The van der Waals surface area contributed by atoms with Crippen molar-refractivity contribution in [3.8, 4) is 0 Å². The van der Waals surface area contributed by atoms with E-state index in [1.807, 2.05) is 0 Å². The van der Waals surface area contributed by atoms with E-state index in [4.69, 9.17) is 4.74 Å². The molecule has 0 N–H and O–H groups in total. The highest BCUT2D eigenvalue weighted by molar-refractivity contribution is 5.81. The molecule has 2 nitrogen and oxygen atoms in total. The first-order chi connectivity index (χ1) is 7.36. The Bertz CT molecular complexity index is 199. The van der Waals surface area contributed by atoms with E-state index in [9.17, 15) is 4.79 Å². The highest BCUT2D eigenvalue weighted by Crippen LogP contribution is 2.26. The molecular weight excluding hydrogens is 188 g/mol. The molecule has 1 heterocycles. The van der Waals surface area contributed by atoms with Crippen LogP contribution < -0.4 is 0 Å². The molecule has 1 saturated heterocycles. The minimum Gasteiger partial charge on any atom is -0.378 e. The largest absolute Gasteiger partial charge is 0.378 e. The van der Waals surface area contributed by atoms with Crippen molar-refractivity contribution in [2.75, 3.05) is 6.61 Å². The summed E-state index contributed by atoms with van der Waals surface area (Å²) in [7, 11) is 0. The molecule has 2 rings (SSSR count). The third-order valence-electron chi connectivity index (χ3n) is 3.76. The van der Waals surface area contributed by atoms with Gasteiger partial charge in [-0.25, -0.2) is 0 Å². The van der Waals surface area contributed by atoms with Gasteiger partial charge in [0.2, 0.25) is 0 Å². The van der Waals surface area contributed by atoms with Gasteiger partial charge in [-0.2, -0.15) is 0 Å². The summed E-state index contributed by atoms with van der Waals surface area (Å²) in [5.74, 6) is 0.834. The molecule has 1 unspecified atom stereocenters. The second-order valence-electron chi connectivity index (χ2n) is 4.99. The molecule has 1 aliphatic heterocycles. The molecule has 86 valence electrons.